The van der Waals surface area contributed by atoms with Gasteiger partial charge in [0.1, 0.15) is 0 Å². The average Bonchev–Trinajstić information content (AvgIpc) is 2.52. The predicted octanol–water partition coefficient (Wildman–Crippen LogP) is 0.743. The summed E-state index contributed by atoms with van der Waals surface area (Å²) in [6, 6.07) is 0. The topological polar surface area (TPSA) is 123 Å². The van der Waals surface area contributed by atoms with E-state index in [-0.39, 0.29) is 12.3 Å². The second-order valence-electron chi connectivity index (χ2n) is 4.14. The molecule has 0 saturated heterocycles. The molecule has 0 spiro atoms. The largest absolute Gasteiger partial charge is 0.379 e. The summed E-state index contributed by atoms with van der Waals surface area (Å²) >= 11 is 0. The number of amides is 1. The Balaban J connectivity index is 3.12. The zero-order chi connectivity index (χ0) is 16.3. The summed E-state index contributed by atoms with van der Waals surface area (Å²) in [5.74, 6) is -0.0898. The van der Waals surface area contributed by atoms with Crippen LogP contribution in [0.2, 0.25) is 0 Å². The van der Waals surface area contributed by atoms with Crippen molar-refractivity contribution < 1.29 is 23.8 Å². The Hall–Kier alpha value is -1.67. The fourth-order valence-electron chi connectivity index (χ4n) is 1.36. The summed E-state index contributed by atoms with van der Waals surface area (Å²) in [4.78, 5) is 23.8. The van der Waals surface area contributed by atoms with Crippen LogP contribution in [0.25, 0.3) is 10.4 Å². The molecule has 9 heteroatoms. The molecule has 22 heavy (non-hydrogen) atoms. The van der Waals surface area contributed by atoms with Gasteiger partial charge in [-0.3, -0.25) is 9.59 Å². The van der Waals surface area contributed by atoms with Crippen LogP contribution in [0.4, 0.5) is 0 Å². The quantitative estimate of drug-likeness (QED) is 0.195. The van der Waals surface area contributed by atoms with Gasteiger partial charge in [0.25, 0.3) is 0 Å². The molecule has 0 aliphatic rings. The van der Waals surface area contributed by atoms with Gasteiger partial charge in [-0.05, 0) is 12.0 Å². The van der Waals surface area contributed by atoms with E-state index in [1.807, 2.05) is 0 Å². The van der Waals surface area contributed by atoms with Crippen LogP contribution in [0.5, 0.6) is 0 Å². The van der Waals surface area contributed by atoms with Crippen LogP contribution in [-0.4, -0.2) is 64.9 Å². The minimum absolute atomic E-state index is 0.0898. The second-order valence-corrected chi connectivity index (χ2v) is 4.14. The highest BCUT2D eigenvalue weighted by molar-refractivity contribution is 5.76. The Morgan fingerprint density at radius 3 is 2.36 bits per heavy atom. The lowest BCUT2D eigenvalue weighted by molar-refractivity contribution is -0.121. The van der Waals surface area contributed by atoms with Crippen LogP contribution < -0.4 is 5.32 Å². The van der Waals surface area contributed by atoms with Crippen molar-refractivity contribution in [1.82, 2.24) is 5.32 Å². The molecule has 0 aromatic heterocycles. The maximum absolute atomic E-state index is 11.3. The summed E-state index contributed by atoms with van der Waals surface area (Å²) in [6.45, 7) is 3.33. The van der Waals surface area contributed by atoms with Gasteiger partial charge >= 0.3 is 0 Å². The Labute approximate surface area is 129 Å². The molecule has 1 radical (unpaired) electrons. The summed E-state index contributed by atoms with van der Waals surface area (Å²) in [6.07, 6.45) is 2.89. The van der Waals surface area contributed by atoms with E-state index in [0.717, 1.165) is 0 Å². The van der Waals surface area contributed by atoms with Gasteiger partial charge < -0.3 is 19.5 Å². The van der Waals surface area contributed by atoms with E-state index < -0.39 is 0 Å². The van der Waals surface area contributed by atoms with Gasteiger partial charge in [-0.25, -0.2) is 0 Å². The van der Waals surface area contributed by atoms with E-state index in [9.17, 15) is 9.59 Å². The minimum atomic E-state index is -0.0898. The SMILES string of the molecule is [N-]=[N+]=NCCOCCOCCOCCNC(=O)CCC[C]=O. The van der Waals surface area contributed by atoms with Gasteiger partial charge in [-0.15, -0.1) is 0 Å². The summed E-state index contributed by atoms with van der Waals surface area (Å²) in [5, 5.41) is 6.02. The van der Waals surface area contributed by atoms with Crippen molar-refractivity contribution in [2.75, 3.05) is 52.7 Å². The van der Waals surface area contributed by atoms with E-state index in [0.29, 0.717) is 65.6 Å². The van der Waals surface area contributed by atoms with Gasteiger partial charge in [0.15, 0.2) is 6.29 Å². The fraction of sp³-hybridized carbons (Fsp3) is 0.846. The number of rotatable bonds is 16. The molecule has 0 bridgehead atoms. The Kier molecular flexibility index (Phi) is 16.1. The van der Waals surface area contributed by atoms with Crippen molar-refractivity contribution in [3.05, 3.63) is 10.4 Å². The zero-order valence-electron chi connectivity index (χ0n) is 12.7. The first-order valence-electron chi connectivity index (χ1n) is 7.17. The Morgan fingerprint density at radius 1 is 1.09 bits per heavy atom. The van der Waals surface area contributed by atoms with E-state index in [2.05, 4.69) is 15.3 Å². The van der Waals surface area contributed by atoms with E-state index >= 15 is 0 Å². The van der Waals surface area contributed by atoms with Crippen molar-refractivity contribution in [2.45, 2.75) is 19.3 Å². The molecule has 0 saturated carbocycles. The van der Waals surface area contributed by atoms with E-state index in [4.69, 9.17) is 19.7 Å². The highest BCUT2D eigenvalue weighted by atomic mass is 16.5. The molecule has 0 unspecified atom stereocenters. The molecule has 9 nitrogen and oxygen atoms in total. The van der Waals surface area contributed by atoms with Gasteiger partial charge in [-0.1, -0.05) is 5.11 Å². The molecule has 0 heterocycles. The van der Waals surface area contributed by atoms with Crippen LogP contribution in [-0.2, 0) is 23.8 Å². The summed E-state index contributed by atoms with van der Waals surface area (Å²) in [5.41, 5.74) is 8.03. The molecule has 0 aromatic rings. The molecule has 125 valence electrons. The van der Waals surface area contributed by atoms with Gasteiger partial charge in [-0.2, -0.15) is 0 Å². The Bertz CT molecular complexity index is 334. The van der Waals surface area contributed by atoms with Crippen LogP contribution in [0.1, 0.15) is 19.3 Å². The van der Waals surface area contributed by atoms with E-state index in [1.54, 1.807) is 6.29 Å². The number of hydrogen-bond donors (Lipinski definition) is 1. The summed E-state index contributed by atoms with van der Waals surface area (Å²) in [7, 11) is 0. The molecule has 0 atom stereocenters. The van der Waals surface area contributed by atoms with Crippen molar-refractivity contribution >= 4 is 12.2 Å². The molecule has 1 N–H and O–H groups in total. The smallest absolute Gasteiger partial charge is 0.220 e. The maximum Gasteiger partial charge on any atom is 0.220 e. The summed E-state index contributed by atoms with van der Waals surface area (Å²) < 4.78 is 15.7. The third kappa shape index (κ3) is 16.4. The van der Waals surface area contributed by atoms with E-state index in [1.165, 1.54) is 0 Å². The molecular weight excluding hydrogens is 292 g/mol. The van der Waals surface area contributed by atoms with Crippen molar-refractivity contribution in [1.29, 1.82) is 0 Å². The van der Waals surface area contributed by atoms with Crippen molar-refractivity contribution in [3.63, 3.8) is 0 Å². The lowest BCUT2D eigenvalue weighted by atomic mass is 10.2. The number of nitrogens with one attached hydrogen (secondary N) is 1. The van der Waals surface area contributed by atoms with Crippen LogP contribution in [0.3, 0.4) is 0 Å². The molecule has 1 amide bonds. The zero-order valence-corrected chi connectivity index (χ0v) is 12.7. The highest BCUT2D eigenvalue weighted by Crippen LogP contribution is 1.91. The normalized spacial score (nSPS) is 10.0. The highest BCUT2D eigenvalue weighted by Gasteiger charge is 1.99. The lowest BCUT2D eigenvalue weighted by Gasteiger charge is -2.07. The number of ether oxygens (including phenoxy) is 3. The monoisotopic (exact) mass is 315 g/mol. The molecular formula is C13H23N4O5. The Morgan fingerprint density at radius 2 is 1.73 bits per heavy atom. The standard InChI is InChI=1S/C13H23N4O5/c14-17-16-5-8-21-10-12-22-11-9-20-7-4-15-13(19)3-1-2-6-18/h1-5,7-12H2,(H,15,19). The van der Waals surface area contributed by atoms with Gasteiger partial charge in [0.05, 0.1) is 39.6 Å². The number of carbonyl (C=O) groups excluding carboxylic acids is 2. The second kappa shape index (κ2) is 17.4. The van der Waals surface area contributed by atoms with Crippen LogP contribution in [0, 0.1) is 0 Å². The molecule has 0 rings (SSSR count). The number of carbonyl (C=O) groups is 1. The lowest BCUT2D eigenvalue weighted by Crippen LogP contribution is -2.27. The van der Waals surface area contributed by atoms with Crippen molar-refractivity contribution in [2.24, 2.45) is 5.11 Å². The maximum atomic E-state index is 11.3. The molecule has 0 aliphatic carbocycles. The predicted molar refractivity (Wildman–Crippen MR) is 79.0 cm³/mol. The first-order valence-corrected chi connectivity index (χ1v) is 7.17. The molecule has 0 fully saturated rings. The average molecular weight is 315 g/mol. The first-order chi connectivity index (χ1) is 10.8. The number of hydrogen-bond acceptors (Lipinski definition) is 6. The minimum Gasteiger partial charge on any atom is -0.379 e. The van der Waals surface area contributed by atoms with Gasteiger partial charge in [0, 0.05) is 30.8 Å². The number of azide groups is 1. The first kappa shape index (κ1) is 20.3. The molecule has 0 aromatic carbocycles. The van der Waals surface area contributed by atoms with Crippen molar-refractivity contribution in [3.8, 4) is 0 Å². The third-order valence-corrected chi connectivity index (χ3v) is 2.39. The molecule has 0 aliphatic heterocycles. The fourth-order valence-corrected chi connectivity index (χ4v) is 1.36. The number of unbranched alkanes of at least 4 members (excludes halogenated alkanes) is 1. The third-order valence-electron chi connectivity index (χ3n) is 2.39. The van der Waals surface area contributed by atoms with Crippen LogP contribution in [0.15, 0.2) is 5.11 Å². The van der Waals surface area contributed by atoms with Gasteiger partial charge in [0.2, 0.25) is 5.91 Å². The number of nitrogens with zero attached hydrogens (tertiary/aromatic N) is 3. The van der Waals surface area contributed by atoms with Crippen LogP contribution >= 0.6 is 0 Å².